The van der Waals surface area contributed by atoms with E-state index >= 15 is 0 Å². The monoisotopic (exact) mass is 253 g/mol. The molecule has 0 aliphatic rings. The van der Waals surface area contributed by atoms with Crippen LogP contribution in [0.15, 0.2) is 35.3 Å². The summed E-state index contributed by atoms with van der Waals surface area (Å²) < 4.78 is 26.0. The van der Waals surface area contributed by atoms with Gasteiger partial charge in [0.2, 0.25) is 5.43 Å². The van der Waals surface area contributed by atoms with Crippen LogP contribution in [-0.4, -0.2) is 22.1 Å². The molecular formula is C12H9F2NO3. The van der Waals surface area contributed by atoms with Gasteiger partial charge in [0.1, 0.15) is 5.56 Å². The Kier molecular flexibility index (Phi) is 3.10. The second-order valence-electron chi connectivity index (χ2n) is 3.74. The molecule has 0 atom stereocenters. The van der Waals surface area contributed by atoms with Crippen molar-refractivity contribution in [3.63, 3.8) is 0 Å². The van der Waals surface area contributed by atoms with Gasteiger partial charge >= 0.3 is 5.97 Å². The van der Waals surface area contributed by atoms with Crippen LogP contribution in [0.1, 0.15) is 10.4 Å². The van der Waals surface area contributed by atoms with Gasteiger partial charge in [0.05, 0.1) is 12.1 Å². The minimum atomic E-state index is -2.63. The van der Waals surface area contributed by atoms with Gasteiger partial charge in [-0.15, -0.1) is 0 Å². The molecule has 2 aromatic rings. The lowest BCUT2D eigenvalue weighted by molar-refractivity contribution is 0.0693. The SMILES string of the molecule is O=C(O)c1cn(CC(F)F)c2ccccc2c1=O. The molecule has 0 fully saturated rings. The molecule has 1 aromatic carbocycles. The number of carbonyl (C=O) groups is 1. The van der Waals surface area contributed by atoms with Crippen molar-refractivity contribution in [3.05, 3.63) is 46.2 Å². The van der Waals surface area contributed by atoms with Crippen LogP contribution in [0, 0.1) is 0 Å². The summed E-state index contributed by atoms with van der Waals surface area (Å²) in [5.41, 5.74) is -0.870. The van der Waals surface area contributed by atoms with E-state index in [4.69, 9.17) is 5.11 Å². The van der Waals surface area contributed by atoms with E-state index in [0.717, 1.165) is 10.8 Å². The summed E-state index contributed by atoms with van der Waals surface area (Å²) in [6, 6.07) is 6.09. The Hall–Kier alpha value is -2.24. The van der Waals surface area contributed by atoms with Gasteiger partial charge in [-0.1, -0.05) is 12.1 Å². The molecule has 4 nitrogen and oxygen atoms in total. The van der Waals surface area contributed by atoms with Crippen molar-refractivity contribution in [1.29, 1.82) is 0 Å². The van der Waals surface area contributed by atoms with Crippen LogP contribution < -0.4 is 5.43 Å². The first-order chi connectivity index (χ1) is 8.50. The van der Waals surface area contributed by atoms with Crippen molar-refractivity contribution in [2.75, 3.05) is 0 Å². The van der Waals surface area contributed by atoms with Crippen molar-refractivity contribution in [2.24, 2.45) is 0 Å². The van der Waals surface area contributed by atoms with E-state index in [9.17, 15) is 18.4 Å². The average molecular weight is 253 g/mol. The van der Waals surface area contributed by atoms with Crippen molar-refractivity contribution < 1.29 is 18.7 Å². The molecule has 0 saturated heterocycles. The zero-order valence-corrected chi connectivity index (χ0v) is 9.14. The van der Waals surface area contributed by atoms with E-state index in [2.05, 4.69) is 0 Å². The lowest BCUT2D eigenvalue weighted by Gasteiger charge is -2.11. The molecule has 1 N–H and O–H groups in total. The molecule has 1 aromatic heterocycles. The Morgan fingerprint density at radius 1 is 1.33 bits per heavy atom. The van der Waals surface area contributed by atoms with Crippen LogP contribution in [0.4, 0.5) is 8.78 Å². The Morgan fingerprint density at radius 2 is 2.00 bits per heavy atom. The first-order valence-corrected chi connectivity index (χ1v) is 5.14. The van der Waals surface area contributed by atoms with Crippen molar-refractivity contribution in [1.82, 2.24) is 4.57 Å². The first kappa shape index (κ1) is 12.2. The third kappa shape index (κ3) is 2.09. The van der Waals surface area contributed by atoms with E-state index in [-0.39, 0.29) is 5.39 Å². The Bertz CT molecular complexity index is 664. The molecule has 0 bridgehead atoms. The number of alkyl halides is 2. The second-order valence-corrected chi connectivity index (χ2v) is 3.74. The highest BCUT2D eigenvalue weighted by Gasteiger charge is 2.15. The third-order valence-corrected chi connectivity index (χ3v) is 2.55. The highest BCUT2D eigenvalue weighted by Crippen LogP contribution is 2.13. The molecule has 0 aliphatic carbocycles. The van der Waals surface area contributed by atoms with Gasteiger partial charge in [-0.2, -0.15) is 0 Å². The van der Waals surface area contributed by atoms with Crippen LogP contribution in [-0.2, 0) is 6.54 Å². The predicted octanol–water partition coefficient (Wildman–Crippen LogP) is 1.96. The number of hydrogen-bond donors (Lipinski definition) is 1. The summed E-state index contributed by atoms with van der Waals surface area (Å²) in [5, 5.41) is 9.01. The average Bonchev–Trinajstić information content (AvgIpc) is 2.32. The molecule has 0 radical (unpaired) electrons. The van der Waals surface area contributed by atoms with E-state index in [1.54, 1.807) is 12.1 Å². The first-order valence-electron chi connectivity index (χ1n) is 5.14. The van der Waals surface area contributed by atoms with E-state index in [1.165, 1.54) is 12.1 Å². The molecular weight excluding hydrogens is 244 g/mol. The van der Waals surface area contributed by atoms with Crippen LogP contribution in [0.5, 0.6) is 0 Å². The highest BCUT2D eigenvalue weighted by atomic mass is 19.3. The van der Waals surface area contributed by atoms with E-state index in [1.807, 2.05) is 0 Å². The van der Waals surface area contributed by atoms with Gasteiger partial charge in [0, 0.05) is 11.6 Å². The molecule has 0 amide bonds. The zero-order valence-electron chi connectivity index (χ0n) is 9.14. The number of aromatic carboxylic acids is 1. The largest absolute Gasteiger partial charge is 0.477 e. The summed E-state index contributed by atoms with van der Waals surface area (Å²) in [6.45, 7) is -0.652. The maximum atomic E-state index is 12.4. The molecule has 2 rings (SSSR count). The lowest BCUT2D eigenvalue weighted by Crippen LogP contribution is -2.20. The Morgan fingerprint density at radius 3 is 2.61 bits per heavy atom. The molecule has 0 unspecified atom stereocenters. The fourth-order valence-corrected chi connectivity index (χ4v) is 1.80. The number of para-hydroxylation sites is 1. The normalized spacial score (nSPS) is 11.1. The van der Waals surface area contributed by atoms with E-state index < -0.39 is 29.9 Å². The van der Waals surface area contributed by atoms with Crippen LogP contribution in [0.3, 0.4) is 0 Å². The predicted molar refractivity (Wildman–Crippen MR) is 61.2 cm³/mol. The number of fused-ring (bicyclic) bond motifs is 1. The van der Waals surface area contributed by atoms with E-state index in [0.29, 0.717) is 5.52 Å². The molecule has 94 valence electrons. The fourth-order valence-electron chi connectivity index (χ4n) is 1.80. The summed E-state index contributed by atoms with van der Waals surface area (Å²) in [4.78, 5) is 22.7. The van der Waals surface area contributed by atoms with Gasteiger partial charge < -0.3 is 9.67 Å². The number of pyridine rings is 1. The standard InChI is InChI=1S/C12H9F2NO3/c13-10(14)6-15-5-8(12(17)18)11(16)7-3-1-2-4-9(7)15/h1-5,10H,6H2,(H,17,18). The maximum Gasteiger partial charge on any atom is 0.341 e. The molecule has 1 heterocycles. The quantitative estimate of drug-likeness (QED) is 0.909. The van der Waals surface area contributed by atoms with Gasteiger partial charge in [-0.3, -0.25) is 4.79 Å². The molecule has 0 aliphatic heterocycles. The molecule has 0 spiro atoms. The number of hydrogen-bond acceptors (Lipinski definition) is 2. The van der Waals surface area contributed by atoms with Crippen molar-refractivity contribution in [3.8, 4) is 0 Å². The summed E-state index contributed by atoms with van der Waals surface area (Å²) >= 11 is 0. The highest BCUT2D eigenvalue weighted by molar-refractivity contribution is 5.92. The maximum absolute atomic E-state index is 12.4. The Labute approximate surface area is 100 Å². The number of aromatic nitrogens is 1. The number of rotatable bonds is 3. The number of benzene rings is 1. The van der Waals surface area contributed by atoms with Gasteiger partial charge in [-0.25, -0.2) is 13.6 Å². The number of halogens is 2. The summed E-state index contributed by atoms with van der Waals surface area (Å²) in [5.74, 6) is -1.42. The van der Waals surface area contributed by atoms with Gasteiger partial charge in [-0.05, 0) is 12.1 Å². The Balaban J connectivity index is 2.80. The zero-order chi connectivity index (χ0) is 13.3. The number of carboxylic acid groups (broad SMARTS) is 1. The lowest BCUT2D eigenvalue weighted by atomic mass is 10.1. The smallest absolute Gasteiger partial charge is 0.341 e. The molecule has 0 saturated carbocycles. The third-order valence-electron chi connectivity index (χ3n) is 2.55. The number of nitrogens with zero attached hydrogens (tertiary/aromatic N) is 1. The summed E-state index contributed by atoms with van der Waals surface area (Å²) in [7, 11) is 0. The van der Waals surface area contributed by atoms with Crippen LogP contribution >= 0.6 is 0 Å². The second kappa shape index (κ2) is 4.56. The molecule has 18 heavy (non-hydrogen) atoms. The fraction of sp³-hybridized carbons (Fsp3) is 0.167. The number of carboxylic acids is 1. The summed E-state index contributed by atoms with van der Waals surface area (Å²) in [6.07, 6.45) is -1.67. The van der Waals surface area contributed by atoms with Crippen LogP contribution in [0.2, 0.25) is 0 Å². The van der Waals surface area contributed by atoms with Gasteiger partial charge in [0.25, 0.3) is 6.43 Å². The van der Waals surface area contributed by atoms with Crippen molar-refractivity contribution in [2.45, 2.75) is 13.0 Å². The minimum Gasteiger partial charge on any atom is -0.477 e. The van der Waals surface area contributed by atoms with Crippen molar-refractivity contribution >= 4 is 16.9 Å². The van der Waals surface area contributed by atoms with Gasteiger partial charge in [0.15, 0.2) is 0 Å². The van der Waals surface area contributed by atoms with Crippen LogP contribution in [0.25, 0.3) is 10.9 Å². The minimum absolute atomic E-state index is 0.123. The molecule has 6 heteroatoms. The topological polar surface area (TPSA) is 59.3 Å².